The molecule has 2 aromatic carbocycles. The number of carbonyl (C=O) groups is 1. The molecule has 0 saturated heterocycles. The summed E-state index contributed by atoms with van der Waals surface area (Å²) in [6.45, 7) is 0. The van der Waals surface area contributed by atoms with Crippen molar-refractivity contribution in [3.05, 3.63) is 70.8 Å². The van der Waals surface area contributed by atoms with Crippen LogP contribution < -0.4 is 0 Å². The Morgan fingerprint density at radius 2 is 2.00 bits per heavy atom. The number of hydrogen-bond acceptors (Lipinski definition) is 5. The number of Topliss-reactive ketones (excluding diaryl/α,β-unsaturated/α-hetero) is 1. The van der Waals surface area contributed by atoms with Crippen molar-refractivity contribution in [1.82, 2.24) is 20.2 Å². The van der Waals surface area contributed by atoms with Gasteiger partial charge in [0.2, 0.25) is 0 Å². The van der Waals surface area contributed by atoms with Crippen molar-refractivity contribution >= 4 is 17.4 Å². The third-order valence-electron chi connectivity index (χ3n) is 3.32. The first-order valence-electron chi connectivity index (χ1n) is 6.84. The lowest BCUT2D eigenvalue weighted by Crippen LogP contribution is -2.17. The van der Waals surface area contributed by atoms with E-state index in [0.717, 1.165) is 6.07 Å². The highest BCUT2D eigenvalue weighted by Gasteiger charge is 2.28. The Bertz CT molecular complexity index is 932. The molecule has 3 aromatic rings. The molecule has 1 heterocycles. The normalized spacial score (nSPS) is 11.7. The summed E-state index contributed by atoms with van der Waals surface area (Å²) >= 11 is 5.85. The van der Waals surface area contributed by atoms with E-state index in [0.29, 0.717) is 10.7 Å². The van der Waals surface area contributed by atoms with Crippen molar-refractivity contribution in [2.24, 2.45) is 0 Å². The van der Waals surface area contributed by atoms with Crippen LogP contribution in [0.1, 0.15) is 22.1 Å². The van der Waals surface area contributed by atoms with Gasteiger partial charge < -0.3 is 0 Å². The summed E-state index contributed by atoms with van der Waals surface area (Å²) in [7, 11) is 0. The number of benzene rings is 2. The van der Waals surface area contributed by atoms with Gasteiger partial charge in [0.25, 0.3) is 0 Å². The van der Waals surface area contributed by atoms with Crippen LogP contribution in [-0.4, -0.2) is 26.0 Å². The highest BCUT2D eigenvalue weighted by molar-refractivity contribution is 6.30. The van der Waals surface area contributed by atoms with Gasteiger partial charge in [-0.2, -0.15) is 9.94 Å². The Hall–Kier alpha value is -3.11. The molecule has 0 spiro atoms. The van der Waals surface area contributed by atoms with E-state index in [-0.39, 0.29) is 11.4 Å². The van der Waals surface area contributed by atoms with E-state index < -0.39 is 17.5 Å². The Kier molecular flexibility index (Phi) is 4.31. The number of carbonyl (C=O) groups excluding carboxylic acids is 1. The van der Waals surface area contributed by atoms with Gasteiger partial charge in [0, 0.05) is 10.6 Å². The Morgan fingerprint density at radius 3 is 2.67 bits per heavy atom. The van der Waals surface area contributed by atoms with E-state index in [1.165, 1.54) is 22.9 Å². The van der Waals surface area contributed by atoms with Gasteiger partial charge in [-0.05, 0) is 46.8 Å². The van der Waals surface area contributed by atoms with Crippen molar-refractivity contribution < 1.29 is 9.18 Å². The molecule has 0 unspecified atom stereocenters. The molecule has 0 aliphatic carbocycles. The van der Waals surface area contributed by atoms with Gasteiger partial charge in [-0.3, -0.25) is 4.79 Å². The molecule has 0 aliphatic heterocycles. The van der Waals surface area contributed by atoms with Crippen molar-refractivity contribution in [3.63, 3.8) is 0 Å². The molecule has 0 amide bonds. The van der Waals surface area contributed by atoms with Gasteiger partial charge in [0.05, 0.1) is 11.8 Å². The first-order chi connectivity index (χ1) is 11.6. The SMILES string of the molecule is N#C[C@@H](C(=O)c1cccc(F)c1)c1nnnn1-c1ccc(Cl)cc1. The molecule has 118 valence electrons. The van der Waals surface area contributed by atoms with Gasteiger partial charge in [0.1, 0.15) is 5.82 Å². The van der Waals surface area contributed by atoms with Gasteiger partial charge in [0.15, 0.2) is 17.5 Å². The zero-order valence-corrected chi connectivity index (χ0v) is 12.9. The van der Waals surface area contributed by atoms with E-state index >= 15 is 0 Å². The molecule has 0 N–H and O–H groups in total. The van der Waals surface area contributed by atoms with E-state index in [1.807, 2.05) is 6.07 Å². The predicted molar refractivity (Wildman–Crippen MR) is 83.2 cm³/mol. The minimum absolute atomic E-state index is 0.0501. The van der Waals surface area contributed by atoms with E-state index in [4.69, 9.17) is 11.6 Å². The van der Waals surface area contributed by atoms with Crippen LogP contribution in [0.2, 0.25) is 5.02 Å². The maximum atomic E-state index is 13.3. The topological polar surface area (TPSA) is 84.5 Å². The molecule has 3 rings (SSSR count). The van der Waals surface area contributed by atoms with Gasteiger partial charge in [-0.25, -0.2) is 4.39 Å². The van der Waals surface area contributed by atoms with Crippen LogP contribution >= 0.6 is 11.6 Å². The predicted octanol–water partition coefficient (Wildman–Crippen LogP) is 2.94. The Balaban J connectivity index is 2.01. The maximum absolute atomic E-state index is 13.3. The molecule has 0 bridgehead atoms. The van der Waals surface area contributed by atoms with Crippen LogP contribution in [0.25, 0.3) is 5.69 Å². The molecule has 0 fully saturated rings. The quantitative estimate of drug-likeness (QED) is 0.681. The smallest absolute Gasteiger partial charge is 0.187 e. The zero-order chi connectivity index (χ0) is 17.1. The number of ketones is 1. The summed E-state index contributed by atoms with van der Waals surface area (Å²) in [4.78, 5) is 12.5. The number of halogens is 2. The third kappa shape index (κ3) is 3.00. The summed E-state index contributed by atoms with van der Waals surface area (Å²) in [5.41, 5.74) is 0.624. The van der Waals surface area contributed by atoms with Gasteiger partial charge >= 0.3 is 0 Å². The number of rotatable bonds is 4. The van der Waals surface area contributed by atoms with Crippen molar-refractivity contribution in [1.29, 1.82) is 5.26 Å². The number of nitrogens with zero attached hydrogens (tertiary/aromatic N) is 5. The standard InChI is InChI=1S/C16H9ClFN5O/c17-11-4-6-13(7-5-11)23-16(20-21-22-23)14(9-19)15(24)10-2-1-3-12(18)8-10/h1-8,14H/t14-/m0/s1. The van der Waals surface area contributed by atoms with Crippen LogP contribution in [0, 0.1) is 17.1 Å². The third-order valence-corrected chi connectivity index (χ3v) is 3.58. The second-order valence-electron chi connectivity index (χ2n) is 4.86. The van der Waals surface area contributed by atoms with Gasteiger partial charge in [-0.15, -0.1) is 5.10 Å². The van der Waals surface area contributed by atoms with Crippen LogP contribution in [0.15, 0.2) is 48.5 Å². The van der Waals surface area contributed by atoms with Crippen LogP contribution in [0.3, 0.4) is 0 Å². The fourth-order valence-corrected chi connectivity index (χ4v) is 2.31. The number of aromatic nitrogens is 4. The van der Waals surface area contributed by atoms with E-state index in [9.17, 15) is 14.4 Å². The Labute approximate surface area is 141 Å². The molecule has 24 heavy (non-hydrogen) atoms. The van der Waals surface area contributed by atoms with Crippen LogP contribution in [-0.2, 0) is 0 Å². The number of nitriles is 1. The molecular weight excluding hydrogens is 333 g/mol. The molecule has 8 heteroatoms. The minimum Gasteiger partial charge on any atom is -0.292 e. The summed E-state index contributed by atoms with van der Waals surface area (Å²) in [6.07, 6.45) is 0. The average Bonchev–Trinajstić information content (AvgIpc) is 3.05. The number of tetrazole rings is 1. The van der Waals surface area contributed by atoms with Crippen molar-refractivity contribution in [3.8, 4) is 11.8 Å². The fraction of sp³-hybridized carbons (Fsp3) is 0.0625. The molecule has 0 saturated carbocycles. The second kappa shape index (κ2) is 6.56. The molecule has 1 aromatic heterocycles. The van der Waals surface area contributed by atoms with E-state index in [1.54, 1.807) is 24.3 Å². The first-order valence-corrected chi connectivity index (χ1v) is 7.21. The zero-order valence-electron chi connectivity index (χ0n) is 12.1. The summed E-state index contributed by atoms with van der Waals surface area (Å²) in [5, 5.41) is 21.1. The van der Waals surface area contributed by atoms with Crippen molar-refractivity contribution in [2.45, 2.75) is 5.92 Å². The number of hydrogen-bond donors (Lipinski definition) is 0. The summed E-state index contributed by atoms with van der Waals surface area (Å²) < 4.78 is 14.6. The molecule has 1 atom stereocenters. The molecule has 0 radical (unpaired) electrons. The lowest BCUT2D eigenvalue weighted by atomic mass is 9.98. The largest absolute Gasteiger partial charge is 0.292 e. The summed E-state index contributed by atoms with van der Waals surface area (Å²) in [6, 6.07) is 13.6. The van der Waals surface area contributed by atoms with Crippen molar-refractivity contribution in [2.75, 3.05) is 0 Å². The molecular formula is C16H9ClFN5O. The lowest BCUT2D eigenvalue weighted by molar-refractivity contribution is 0.0975. The monoisotopic (exact) mass is 341 g/mol. The average molecular weight is 342 g/mol. The van der Waals surface area contributed by atoms with Gasteiger partial charge in [-0.1, -0.05) is 23.7 Å². The lowest BCUT2D eigenvalue weighted by Gasteiger charge is -2.09. The first kappa shape index (κ1) is 15.8. The van der Waals surface area contributed by atoms with Crippen LogP contribution in [0.4, 0.5) is 4.39 Å². The second-order valence-corrected chi connectivity index (χ2v) is 5.30. The Morgan fingerprint density at radius 1 is 1.25 bits per heavy atom. The van der Waals surface area contributed by atoms with Crippen LogP contribution in [0.5, 0.6) is 0 Å². The summed E-state index contributed by atoms with van der Waals surface area (Å²) in [5.74, 6) is -2.36. The highest BCUT2D eigenvalue weighted by Crippen LogP contribution is 2.22. The molecule has 0 aliphatic rings. The minimum atomic E-state index is -1.27. The maximum Gasteiger partial charge on any atom is 0.187 e. The molecule has 6 nitrogen and oxygen atoms in total. The highest BCUT2D eigenvalue weighted by atomic mass is 35.5. The fourth-order valence-electron chi connectivity index (χ4n) is 2.18. The van der Waals surface area contributed by atoms with E-state index in [2.05, 4.69) is 15.5 Å².